The Morgan fingerprint density at radius 2 is 1.87 bits per heavy atom. The summed E-state index contributed by atoms with van der Waals surface area (Å²) in [6.07, 6.45) is 2.00. The fourth-order valence-corrected chi connectivity index (χ4v) is 4.14. The summed E-state index contributed by atoms with van der Waals surface area (Å²) in [5.74, 6) is -0.102. The van der Waals surface area contributed by atoms with Crippen molar-refractivity contribution < 1.29 is 9.53 Å². The Bertz CT molecular complexity index is 1030. The van der Waals surface area contributed by atoms with E-state index < -0.39 is 0 Å². The minimum atomic E-state index is -0.102. The number of morpholine rings is 1. The highest BCUT2D eigenvalue weighted by molar-refractivity contribution is 5.94. The molecule has 0 bridgehead atoms. The number of aromatic nitrogens is 4. The molecule has 1 fully saturated rings. The van der Waals surface area contributed by atoms with Gasteiger partial charge in [-0.2, -0.15) is 0 Å². The second-order valence-corrected chi connectivity index (χ2v) is 8.16. The maximum Gasteiger partial charge on any atom is 0.251 e. The van der Waals surface area contributed by atoms with Crippen LogP contribution in [-0.2, 0) is 17.8 Å². The number of hydrogen-bond donors (Lipinski definition) is 1. The third kappa shape index (κ3) is 5.15. The zero-order valence-corrected chi connectivity index (χ0v) is 18.2. The predicted octanol–water partition coefficient (Wildman–Crippen LogP) is 2.51. The van der Waals surface area contributed by atoms with Crippen molar-refractivity contribution in [1.82, 2.24) is 30.4 Å². The van der Waals surface area contributed by atoms with E-state index in [2.05, 4.69) is 57.8 Å². The van der Waals surface area contributed by atoms with Gasteiger partial charge in [0.15, 0.2) is 0 Å². The zero-order chi connectivity index (χ0) is 21.8. The molecule has 8 nitrogen and oxygen atoms in total. The Morgan fingerprint density at radius 1 is 1.13 bits per heavy atom. The summed E-state index contributed by atoms with van der Waals surface area (Å²) in [4.78, 5) is 15.2. The lowest BCUT2D eigenvalue weighted by atomic mass is 10.1. The number of tetrazole rings is 1. The summed E-state index contributed by atoms with van der Waals surface area (Å²) in [5.41, 5.74) is 4.75. The molecule has 31 heavy (non-hydrogen) atoms. The van der Waals surface area contributed by atoms with E-state index in [0.717, 1.165) is 36.4 Å². The van der Waals surface area contributed by atoms with Gasteiger partial charge in [0.25, 0.3) is 5.91 Å². The fourth-order valence-electron chi connectivity index (χ4n) is 4.14. The fraction of sp³-hybridized carbons (Fsp3) is 0.391. The topological polar surface area (TPSA) is 85.2 Å². The monoisotopic (exact) mass is 420 g/mol. The van der Waals surface area contributed by atoms with Crippen LogP contribution in [0.1, 0.15) is 40.9 Å². The molecular weight excluding hydrogens is 392 g/mol. The summed E-state index contributed by atoms with van der Waals surface area (Å²) in [6.45, 7) is 9.33. The van der Waals surface area contributed by atoms with E-state index in [1.54, 1.807) is 10.7 Å². The van der Waals surface area contributed by atoms with Gasteiger partial charge >= 0.3 is 0 Å². The van der Waals surface area contributed by atoms with Crippen LogP contribution in [0, 0.1) is 6.92 Å². The normalized spacial score (nSPS) is 19.3. The van der Waals surface area contributed by atoms with E-state index in [1.165, 1.54) is 11.9 Å². The van der Waals surface area contributed by atoms with E-state index in [9.17, 15) is 4.79 Å². The van der Waals surface area contributed by atoms with E-state index in [1.807, 2.05) is 25.1 Å². The number of aryl methyl sites for hydroxylation is 1. The molecular formula is C23H28N6O2. The first-order chi connectivity index (χ1) is 15.0. The molecule has 2 unspecified atom stereocenters. The minimum Gasteiger partial charge on any atom is -0.373 e. The molecule has 1 saturated heterocycles. The first-order valence-electron chi connectivity index (χ1n) is 10.6. The molecule has 162 valence electrons. The van der Waals surface area contributed by atoms with Gasteiger partial charge in [0.2, 0.25) is 0 Å². The average molecular weight is 421 g/mol. The van der Waals surface area contributed by atoms with Crippen molar-refractivity contribution in [3.63, 3.8) is 0 Å². The summed E-state index contributed by atoms with van der Waals surface area (Å²) < 4.78 is 7.43. The van der Waals surface area contributed by atoms with Crippen LogP contribution in [0.2, 0.25) is 0 Å². The standard InChI is InChI=1S/C23H28N6O2/c1-16-10-19(8-9-22(16)29-15-25-26-27-29)23(30)24-11-20-6-4-5-7-21(20)14-28-12-17(2)31-18(3)13-28/h4-10,15,17-18H,11-14H2,1-3H3,(H,24,30). The number of carbonyl (C=O) groups is 1. The molecule has 2 atom stereocenters. The average Bonchev–Trinajstić information content (AvgIpc) is 3.26. The maximum absolute atomic E-state index is 12.8. The van der Waals surface area contributed by atoms with Crippen LogP contribution in [0.4, 0.5) is 0 Å². The molecule has 8 heteroatoms. The van der Waals surface area contributed by atoms with E-state index in [0.29, 0.717) is 12.1 Å². The summed E-state index contributed by atoms with van der Waals surface area (Å²) in [7, 11) is 0. The molecule has 3 aromatic rings. The van der Waals surface area contributed by atoms with Crippen molar-refractivity contribution >= 4 is 5.91 Å². The largest absolute Gasteiger partial charge is 0.373 e. The van der Waals surface area contributed by atoms with Crippen LogP contribution in [0.15, 0.2) is 48.8 Å². The third-order valence-corrected chi connectivity index (χ3v) is 5.50. The number of hydrogen-bond acceptors (Lipinski definition) is 6. The molecule has 0 aliphatic carbocycles. The van der Waals surface area contributed by atoms with Gasteiger partial charge in [-0.05, 0) is 66.1 Å². The first-order valence-corrected chi connectivity index (χ1v) is 10.6. The van der Waals surface area contributed by atoms with Crippen molar-refractivity contribution in [1.29, 1.82) is 0 Å². The lowest BCUT2D eigenvalue weighted by Gasteiger charge is -2.35. The third-order valence-electron chi connectivity index (χ3n) is 5.50. The van der Waals surface area contributed by atoms with E-state index in [-0.39, 0.29) is 18.1 Å². The van der Waals surface area contributed by atoms with Gasteiger partial charge in [-0.25, -0.2) is 4.68 Å². The minimum absolute atomic E-state index is 0.102. The lowest BCUT2D eigenvalue weighted by Crippen LogP contribution is -2.45. The van der Waals surface area contributed by atoms with Crippen LogP contribution in [-0.4, -0.2) is 56.3 Å². The van der Waals surface area contributed by atoms with Gasteiger partial charge in [0.1, 0.15) is 6.33 Å². The summed E-state index contributed by atoms with van der Waals surface area (Å²) in [5, 5.41) is 14.3. The first kappa shape index (κ1) is 21.1. The Morgan fingerprint density at radius 3 is 2.55 bits per heavy atom. The number of nitrogens with one attached hydrogen (secondary N) is 1. The smallest absolute Gasteiger partial charge is 0.251 e. The van der Waals surface area contributed by atoms with Crippen LogP contribution < -0.4 is 5.32 Å². The molecule has 4 rings (SSSR count). The molecule has 1 aliphatic heterocycles. The van der Waals surface area contributed by atoms with Crippen LogP contribution in [0.5, 0.6) is 0 Å². The Kier molecular flexibility index (Phi) is 6.39. The summed E-state index contributed by atoms with van der Waals surface area (Å²) >= 11 is 0. The maximum atomic E-state index is 12.8. The number of benzene rings is 2. The molecule has 1 N–H and O–H groups in total. The molecule has 1 amide bonds. The van der Waals surface area contributed by atoms with Crippen molar-refractivity contribution in [2.75, 3.05) is 13.1 Å². The molecule has 0 spiro atoms. The Labute approximate surface area is 182 Å². The lowest BCUT2D eigenvalue weighted by molar-refractivity contribution is -0.0705. The van der Waals surface area contributed by atoms with Gasteiger partial charge in [-0.1, -0.05) is 24.3 Å². The number of amides is 1. The SMILES string of the molecule is Cc1cc(C(=O)NCc2ccccc2CN2CC(C)OC(C)C2)ccc1-n1cnnn1. The molecule has 2 aromatic carbocycles. The second-order valence-electron chi connectivity index (χ2n) is 8.16. The number of nitrogens with zero attached hydrogens (tertiary/aromatic N) is 5. The zero-order valence-electron chi connectivity index (χ0n) is 18.2. The van der Waals surface area contributed by atoms with E-state index >= 15 is 0 Å². The highest BCUT2D eigenvalue weighted by Crippen LogP contribution is 2.18. The van der Waals surface area contributed by atoms with Crippen molar-refractivity contribution in [3.05, 3.63) is 71.0 Å². The molecule has 2 heterocycles. The Hall–Kier alpha value is -3.10. The van der Waals surface area contributed by atoms with Crippen LogP contribution >= 0.6 is 0 Å². The van der Waals surface area contributed by atoms with Crippen molar-refractivity contribution in [2.24, 2.45) is 0 Å². The van der Waals surface area contributed by atoms with Gasteiger partial charge in [-0.15, -0.1) is 5.10 Å². The van der Waals surface area contributed by atoms with Gasteiger partial charge in [0, 0.05) is 31.7 Å². The van der Waals surface area contributed by atoms with Crippen molar-refractivity contribution in [2.45, 2.75) is 46.1 Å². The molecule has 1 aromatic heterocycles. The van der Waals surface area contributed by atoms with Gasteiger partial charge in [0.05, 0.1) is 17.9 Å². The quantitative estimate of drug-likeness (QED) is 0.660. The second kappa shape index (κ2) is 9.36. The van der Waals surface area contributed by atoms with E-state index in [4.69, 9.17) is 4.74 Å². The van der Waals surface area contributed by atoms with Crippen LogP contribution in [0.3, 0.4) is 0 Å². The number of rotatable bonds is 6. The van der Waals surface area contributed by atoms with Crippen molar-refractivity contribution in [3.8, 4) is 5.69 Å². The van der Waals surface area contributed by atoms with Gasteiger partial charge < -0.3 is 10.1 Å². The number of carbonyl (C=O) groups excluding carboxylic acids is 1. The van der Waals surface area contributed by atoms with Gasteiger partial charge in [-0.3, -0.25) is 9.69 Å². The number of ether oxygens (including phenoxy) is 1. The van der Waals surface area contributed by atoms with Crippen LogP contribution in [0.25, 0.3) is 5.69 Å². The highest BCUT2D eigenvalue weighted by atomic mass is 16.5. The summed E-state index contributed by atoms with van der Waals surface area (Å²) in [6, 6.07) is 13.8. The highest BCUT2D eigenvalue weighted by Gasteiger charge is 2.22. The molecule has 0 saturated carbocycles. The molecule has 0 radical (unpaired) electrons. The predicted molar refractivity (Wildman–Crippen MR) is 117 cm³/mol. The molecule has 1 aliphatic rings. The Balaban J connectivity index is 1.41.